The van der Waals surface area contributed by atoms with Crippen LogP contribution in [0.5, 0.6) is 5.75 Å². The van der Waals surface area contributed by atoms with E-state index >= 15 is 0 Å². The predicted octanol–water partition coefficient (Wildman–Crippen LogP) is 3.02. The minimum Gasteiger partial charge on any atom is -0.491 e. The molecule has 2 atom stereocenters. The molecule has 2 aromatic rings. The molecule has 0 heterocycles. The highest BCUT2D eigenvalue weighted by atomic mass is 16.6. The lowest BCUT2D eigenvalue weighted by Crippen LogP contribution is -2.28. The first-order valence-electron chi connectivity index (χ1n) is 10.5. The van der Waals surface area contributed by atoms with Gasteiger partial charge in [0.2, 0.25) is 0 Å². The van der Waals surface area contributed by atoms with Gasteiger partial charge in [0.05, 0.1) is 6.61 Å². The molecule has 0 bridgehead atoms. The number of hydroxylamine groups is 1. The van der Waals surface area contributed by atoms with Crippen LogP contribution in [-0.4, -0.2) is 54.0 Å². The molecule has 0 fully saturated rings. The summed E-state index contributed by atoms with van der Waals surface area (Å²) in [5, 5.41) is 20.3. The Labute approximate surface area is 197 Å². The highest BCUT2D eigenvalue weighted by Gasteiger charge is 2.26. The molecule has 0 saturated heterocycles. The van der Waals surface area contributed by atoms with Gasteiger partial charge in [0, 0.05) is 23.9 Å². The number of carbonyl (C=O) groups excluding carboxylic acids is 3. The molecule has 0 radical (unpaired) electrons. The summed E-state index contributed by atoms with van der Waals surface area (Å²) >= 11 is 0. The van der Waals surface area contributed by atoms with E-state index in [1.165, 1.54) is 18.5 Å². The molecule has 0 aliphatic carbocycles. The smallest absolute Gasteiger partial charge is 0.412 e. The number of Topliss-reactive ketones (excluding diaryl/α,β-unsaturated/α-hetero) is 1. The first kappa shape index (κ1) is 26.5. The number of carbonyl (C=O) groups is 3. The number of hydrogen-bond acceptors (Lipinski definition) is 8. The highest BCUT2D eigenvalue weighted by molar-refractivity contribution is 5.95. The minimum atomic E-state index is -0.967. The van der Waals surface area contributed by atoms with E-state index in [1.54, 1.807) is 55.5 Å². The fraction of sp³-hybridized carbons (Fsp3) is 0.292. The number of hydrogen-bond donors (Lipinski definition) is 4. The molecular weight excluding hydrogens is 444 g/mol. The van der Waals surface area contributed by atoms with Gasteiger partial charge >= 0.3 is 6.09 Å². The minimum absolute atomic E-state index is 0.0983. The van der Waals surface area contributed by atoms with Gasteiger partial charge in [-0.05, 0) is 61.9 Å². The summed E-state index contributed by atoms with van der Waals surface area (Å²) in [5.41, 5.74) is 2.96. The van der Waals surface area contributed by atoms with Crippen LogP contribution in [0.2, 0.25) is 0 Å². The monoisotopic (exact) mass is 472 g/mol. The van der Waals surface area contributed by atoms with Gasteiger partial charge in [0.15, 0.2) is 11.9 Å². The van der Waals surface area contributed by atoms with Crippen LogP contribution in [0.1, 0.15) is 35.9 Å². The van der Waals surface area contributed by atoms with E-state index in [0.29, 0.717) is 22.6 Å². The van der Waals surface area contributed by atoms with Crippen LogP contribution >= 0.6 is 0 Å². The van der Waals surface area contributed by atoms with Gasteiger partial charge in [-0.15, -0.1) is 0 Å². The SMILES string of the molecule is CCO[C@H](/C=C/C(=O)NO)[C@H](OC(=O)Nc1ccc(C(C)=O)cc1)c1ccc(OCCO)cc1. The lowest BCUT2D eigenvalue weighted by molar-refractivity contribution is -0.124. The number of amides is 2. The van der Waals surface area contributed by atoms with E-state index in [-0.39, 0.29) is 25.6 Å². The number of benzene rings is 2. The molecule has 34 heavy (non-hydrogen) atoms. The Balaban J connectivity index is 2.27. The molecule has 0 saturated carbocycles. The van der Waals surface area contributed by atoms with Crippen molar-refractivity contribution < 1.29 is 38.9 Å². The Morgan fingerprint density at radius 1 is 1.06 bits per heavy atom. The maximum atomic E-state index is 12.7. The normalized spacial score (nSPS) is 12.6. The van der Waals surface area contributed by atoms with Gasteiger partial charge in [-0.2, -0.15) is 0 Å². The van der Waals surface area contributed by atoms with Gasteiger partial charge in [0.25, 0.3) is 5.91 Å². The maximum absolute atomic E-state index is 12.7. The maximum Gasteiger partial charge on any atom is 0.412 e. The van der Waals surface area contributed by atoms with Crippen molar-refractivity contribution in [3.63, 3.8) is 0 Å². The molecule has 10 nitrogen and oxygen atoms in total. The molecule has 4 N–H and O–H groups in total. The lowest BCUT2D eigenvalue weighted by Gasteiger charge is -2.25. The third-order valence-electron chi connectivity index (χ3n) is 4.55. The molecule has 2 aromatic carbocycles. The summed E-state index contributed by atoms with van der Waals surface area (Å²) in [7, 11) is 0. The van der Waals surface area contributed by atoms with Crippen molar-refractivity contribution in [1.82, 2.24) is 5.48 Å². The van der Waals surface area contributed by atoms with Crippen LogP contribution < -0.4 is 15.5 Å². The zero-order valence-electron chi connectivity index (χ0n) is 18.9. The Hall–Kier alpha value is -3.73. The first-order valence-corrected chi connectivity index (χ1v) is 10.5. The van der Waals surface area contributed by atoms with E-state index in [0.717, 1.165) is 6.08 Å². The number of aliphatic hydroxyl groups excluding tert-OH is 1. The molecule has 0 aromatic heterocycles. The van der Waals surface area contributed by atoms with Gasteiger partial charge in [0.1, 0.15) is 18.5 Å². The van der Waals surface area contributed by atoms with Crippen molar-refractivity contribution in [3.05, 3.63) is 71.8 Å². The highest BCUT2D eigenvalue weighted by Crippen LogP contribution is 2.27. The number of rotatable bonds is 12. The molecule has 0 unspecified atom stereocenters. The Bertz CT molecular complexity index is 973. The summed E-state index contributed by atoms with van der Waals surface area (Å²) in [5.74, 6) is -0.361. The van der Waals surface area contributed by atoms with Gasteiger partial charge < -0.3 is 19.3 Å². The van der Waals surface area contributed by atoms with E-state index in [1.807, 2.05) is 0 Å². The molecule has 0 aliphatic heterocycles. The summed E-state index contributed by atoms with van der Waals surface area (Å²) < 4.78 is 16.7. The molecule has 0 aliphatic rings. The van der Waals surface area contributed by atoms with Crippen LogP contribution in [0.4, 0.5) is 10.5 Å². The fourth-order valence-corrected chi connectivity index (χ4v) is 2.95. The second-order valence-corrected chi connectivity index (χ2v) is 6.98. The average molecular weight is 472 g/mol. The number of ketones is 1. The molecule has 2 rings (SSSR count). The van der Waals surface area contributed by atoms with Crippen LogP contribution in [0.25, 0.3) is 0 Å². The number of aliphatic hydroxyl groups is 1. The zero-order valence-corrected chi connectivity index (χ0v) is 18.9. The Morgan fingerprint density at radius 2 is 1.74 bits per heavy atom. The van der Waals surface area contributed by atoms with Crippen molar-refractivity contribution >= 4 is 23.5 Å². The molecule has 2 amide bonds. The standard InChI is InChI=1S/C24H28N2O8/c1-3-32-21(12-13-22(29)26-31)23(18-6-10-20(11-7-18)33-15-14-27)34-24(30)25-19-8-4-17(5-9-19)16(2)28/h4-13,21,23,27,31H,3,14-15H2,1-2H3,(H,25,30)(H,26,29)/b13-12+/t21-,23-/m1/s1. The van der Waals surface area contributed by atoms with Crippen LogP contribution in [0.15, 0.2) is 60.7 Å². The summed E-state index contributed by atoms with van der Waals surface area (Å²) in [4.78, 5) is 35.6. The van der Waals surface area contributed by atoms with Gasteiger partial charge in [-0.25, -0.2) is 10.3 Å². The predicted molar refractivity (Wildman–Crippen MR) is 123 cm³/mol. The largest absolute Gasteiger partial charge is 0.491 e. The average Bonchev–Trinajstić information content (AvgIpc) is 2.84. The van der Waals surface area contributed by atoms with E-state index in [2.05, 4.69) is 5.32 Å². The first-order chi connectivity index (χ1) is 16.4. The van der Waals surface area contributed by atoms with Gasteiger partial charge in [-0.3, -0.25) is 20.1 Å². The van der Waals surface area contributed by atoms with Crippen LogP contribution in [0, 0.1) is 0 Å². The number of anilines is 1. The number of nitrogens with one attached hydrogen (secondary N) is 2. The Kier molecular flexibility index (Phi) is 10.7. The van der Waals surface area contributed by atoms with Crippen LogP contribution in [0.3, 0.4) is 0 Å². The quantitative estimate of drug-likeness (QED) is 0.160. The zero-order chi connectivity index (χ0) is 24.9. The second-order valence-electron chi connectivity index (χ2n) is 6.98. The van der Waals surface area contributed by atoms with E-state index in [4.69, 9.17) is 24.5 Å². The fourth-order valence-electron chi connectivity index (χ4n) is 2.95. The van der Waals surface area contributed by atoms with Crippen molar-refractivity contribution in [1.29, 1.82) is 0 Å². The van der Waals surface area contributed by atoms with Crippen molar-refractivity contribution in [3.8, 4) is 5.75 Å². The van der Waals surface area contributed by atoms with Crippen LogP contribution in [-0.2, 0) is 14.3 Å². The van der Waals surface area contributed by atoms with Crippen molar-refractivity contribution in [2.45, 2.75) is 26.1 Å². The third kappa shape index (κ3) is 8.32. The Morgan fingerprint density at radius 3 is 2.29 bits per heavy atom. The lowest BCUT2D eigenvalue weighted by atomic mass is 10.0. The van der Waals surface area contributed by atoms with Gasteiger partial charge in [-0.1, -0.05) is 12.1 Å². The molecule has 10 heteroatoms. The molecular formula is C24H28N2O8. The number of ether oxygens (including phenoxy) is 3. The van der Waals surface area contributed by atoms with Crippen molar-refractivity contribution in [2.75, 3.05) is 25.1 Å². The topological polar surface area (TPSA) is 143 Å². The molecule has 0 spiro atoms. The summed E-state index contributed by atoms with van der Waals surface area (Å²) in [6.07, 6.45) is -0.187. The third-order valence-corrected chi connectivity index (χ3v) is 4.55. The molecule has 182 valence electrons. The summed E-state index contributed by atoms with van der Waals surface area (Å²) in [6.45, 7) is 3.43. The second kappa shape index (κ2) is 13.7. The van der Waals surface area contributed by atoms with E-state index < -0.39 is 24.2 Å². The van der Waals surface area contributed by atoms with Crippen molar-refractivity contribution in [2.24, 2.45) is 0 Å². The summed E-state index contributed by atoms with van der Waals surface area (Å²) in [6, 6.07) is 12.9. The van der Waals surface area contributed by atoms with E-state index in [9.17, 15) is 14.4 Å².